The number of piperidine rings is 1. The standard InChI is InChI=1S/C12H16N/c1-11-7-9-13(10-8-11)12-5-3-2-4-6-12/h2-5,11H,7-10H2,1H3. The summed E-state index contributed by atoms with van der Waals surface area (Å²) in [6.07, 6.45) is 2.64. The molecular weight excluding hydrogens is 158 g/mol. The number of nitrogens with zero attached hydrogens (tertiary/aromatic N) is 1. The zero-order valence-corrected chi connectivity index (χ0v) is 8.16. The minimum absolute atomic E-state index is 0.903. The minimum Gasteiger partial charge on any atom is -0.371 e. The van der Waals surface area contributed by atoms with Gasteiger partial charge in [-0.3, -0.25) is 0 Å². The van der Waals surface area contributed by atoms with Crippen LogP contribution in [0.4, 0.5) is 5.69 Å². The fourth-order valence-corrected chi connectivity index (χ4v) is 1.83. The first kappa shape index (κ1) is 8.61. The van der Waals surface area contributed by atoms with Crippen molar-refractivity contribution >= 4 is 5.69 Å². The van der Waals surface area contributed by atoms with E-state index in [0.717, 1.165) is 5.92 Å². The van der Waals surface area contributed by atoms with Gasteiger partial charge in [0, 0.05) is 24.8 Å². The van der Waals surface area contributed by atoms with Crippen LogP contribution in [-0.2, 0) is 0 Å². The molecule has 1 aliphatic rings. The smallest absolute Gasteiger partial charge is 0.0446 e. The van der Waals surface area contributed by atoms with Gasteiger partial charge in [-0.05, 0) is 24.8 Å². The summed E-state index contributed by atoms with van der Waals surface area (Å²) in [5, 5.41) is 0. The average Bonchev–Trinajstić information content (AvgIpc) is 2.20. The number of hydrogen-bond acceptors (Lipinski definition) is 1. The van der Waals surface area contributed by atoms with Crippen molar-refractivity contribution in [2.24, 2.45) is 5.92 Å². The molecule has 2 rings (SSSR count). The number of benzene rings is 1. The Morgan fingerprint density at radius 1 is 1.31 bits per heavy atom. The maximum atomic E-state index is 3.28. The molecule has 0 spiro atoms. The van der Waals surface area contributed by atoms with E-state index < -0.39 is 0 Å². The van der Waals surface area contributed by atoms with Crippen LogP contribution in [0.2, 0.25) is 0 Å². The Labute approximate surface area is 80.4 Å². The van der Waals surface area contributed by atoms with Gasteiger partial charge in [-0.25, -0.2) is 0 Å². The lowest BCUT2D eigenvalue weighted by molar-refractivity contribution is 0.438. The topological polar surface area (TPSA) is 3.24 Å². The summed E-state index contributed by atoms with van der Waals surface area (Å²) >= 11 is 0. The maximum Gasteiger partial charge on any atom is 0.0446 e. The molecule has 1 aromatic carbocycles. The molecule has 0 saturated carbocycles. The summed E-state index contributed by atoms with van der Waals surface area (Å²) in [6, 6.07) is 11.5. The zero-order valence-electron chi connectivity index (χ0n) is 8.16. The van der Waals surface area contributed by atoms with Crippen LogP contribution in [0.25, 0.3) is 0 Å². The van der Waals surface area contributed by atoms with Crippen LogP contribution >= 0.6 is 0 Å². The maximum absolute atomic E-state index is 3.28. The van der Waals surface area contributed by atoms with Crippen molar-refractivity contribution < 1.29 is 0 Å². The molecule has 1 nitrogen and oxygen atoms in total. The van der Waals surface area contributed by atoms with Gasteiger partial charge in [0.25, 0.3) is 0 Å². The summed E-state index contributed by atoms with van der Waals surface area (Å²) < 4.78 is 0. The Hall–Kier alpha value is -0.980. The second kappa shape index (κ2) is 3.82. The van der Waals surface area contributed by atoms with E-state index in [1.807, 2.05) is 12.1 Å². The van der Waals surface area contributed by atoms with Crippen molar-refractivity contribution in [3.05, 3.63) is 30.3 Å². The number of anilines is 1. The van der Waals surface area contributed by atoms with Crippen LogP contribution < -0.4 is 4.90 Å². The van der Waals surface area contributed by atoms with Crippen LogP contribution in [0.3, 0.4) is 0 Å². The number of rotatable bonds is 1. The summed E-state index contributed by atoms with van der Waals surface area (Å²) in [7, 11) is 0. The molecule has 0 bridgehead atoms. The molecule has 1 radical (unpaired) electrons. The third-order valence-electron chi connectivity index (χ3n) is 2.82. The van der Waals surface area contributed by atoms with E-state index in [1.165, 1.54) is 31.6 Å². The molecule has 0 N–H and O–H groups in total. The third kappa shape index (κ3) is 2.03. The Balaban J connectivity index is 2.03. The lowest BCUT2D eigenvalue weighted by Crippen LogP contribution is -2.32. The molecule has 0 atom stereocenters. The van der Waals surface area contributed by atoms with Crippen LogP contribution in [0.1, 0.15) is 19.8 Å². The van der Waals surface area contributed by atoms with Crippen molar-refractivity contribution in [2.75, 3.05) is 18.0 Å². The Morgan fingerprint density at radius 2 is 2.08 bits per heavy atom. The molecule has 13 heavy (non-hydrogen) atoms. The van der Waals surface area contributed by atoms with Crippen molar-refractivity contribution in [1.82, 2.24) is 0 Å². The van der Waals surface area contributed by atoms with Crippen molar-refractivity contribution in [2.45, 2.75) is 19.8 Å². The van der Waals surface area contributed by atoms with Crippen LogP contribution in [0.15, 0.2) is 24.3 Å². The second-order valence-corrected chi connectivity index (χ2v) is 3.92. The fraction of sp³-hybridized carbons (Fsp3) is 0.500. The summed E-state index contributed by atoms with van der Waals surface area (Å²) in [6.45, 7) is 4.73. The predicted molar refractivity (Wildman–Crippen MR) is 55.9 cm³/mol. The van der Waals surface area contributed by atoms with Gasteiger partial charge in [-0.2, -0.15) is 0 Å². The van der Waals surface area contributed by atoms with E-state index >= 15 is 0 Å². The molecule has 1 heteroatoms. The van der Waals surface area contributed by atoms with Gasteiger partial charge < -0.3 is 4.90 Å². The monoisotopic (exact) mass is 174 g/mol. The van der Waals surface area contributed by atoms with E-state index in [2.05, 4.69) is 30.0 Å². The lowest BCUT2D eigenvalue weighted by Gasteiger charge is -2.31. The Bertz CT molecular complexity index is 247. The highest BCUT2D eigenvalue weighted by atomic mass is 15.1. The van der Waals surface area contributed by atoms with Gasteiger partial charge in [0.05, 0.1) is 0 Å². The average molecular weight is 174 g/mol. The van der Waals surface area contributed by atoms with Crippen molar-refractivity contribution in [1.29, 1.82) is 0 Å². The molecule has 1 aliphatic heterocycles. The van der Waals surface area contributed by atoms with Gasteiger partial charge in [-0.15, -0.1) is 0 Å². The van der Waals surface area contributed by atoms with Gasteiger partial charge >= 0.3 is 0 Å². The van der Waals surface area contributed by atoms with E-state index in [4.69, 9.17) is 0 Å². The first-order valence-corrected chi connectivity index (χ1v) is 5.08. The molecule has 1 saturated heterocycles. The summed E-state index contributed by atoms with van der Waals surface area (Å²) in [4.78, 5) is 2.43. The Kier molecular flexibility index (Phi) is 2.53. The van der Waals surface area contributed by atoms with E-state index in [1.54, 1.807) is 0 Å². The first-order valence-electron chi connectivity index (χ1n) is 5.08. The minimum atomic E-state index is 0.903. The normalized spacial score (nSPS) is 19.0. The largest absolute Gasteiger partial charge is 0.371 e. The zero-order chi connectivity index (χ0) is 9.10. The fourth-order valence-electron chi connectivity index (χ4n) is 1.83. The lowest BCUT2D eigenvalue weighted by atomic mass is 9.99. The van der Waals surface area contributed by atoms with E-state index in [0.29, 0.717) is 0 Å². The van der Waals surface area contributed by atoms with E-state index in [9.17, 15) is 0 Å². The summed E-state index contributed by atoms with van der Waals surface area (Å²) in [5.41, 5.74) is 1.26. The van der Waals surface area contributed by atoms with Gasteiger partial charge in [0.2, 0.25) is 0 Å². The van der Waals surface area contributed by atoms with E-state index in [-0.39, 0.29) is 0 Å². The SMILES string of the molecule is CC1CCN(c2[c]cccc2)CC1. The molecule has 0 aliphatic carbocycles. The molecular formula is C12H16N. The van der Waals surface area contributed by atoms with Crippen molar-refractivity contribution in [3.8, 4) is 0 Å². The van der Waals surface area contributed by atoms with Crippen LogP contribution in [0, 0.1) is 12.0 Å². The molecule has 69 valence electrons. The molecule has 0 amide bonds. The molecule has 0 aromatic heterocycles. The molecule has 1 fully saturated rings. The highest BCUT2D eigenvalue weighted by Crippen LogP contribution is 2.21. The van der Waals surface area contributed by atoms with Crippen molar-refractivity contribution in [3.63, 3.8) is 0 Å². The quantitative estimate of drug-likeness (QED) is 0.632. The van der Waals surface area contributed by atoms with Gasteiger partial charge in [-0.1, -0.05) is 25.1 Å². The van der Waals surface area contributed by atoms with Gasteiger partial charge in [0.1, 0.15) is 0 Å². The number of para-hydroxylation sites is 1. The first-order chi connectivity index (χ1) is 6.36. The highest BCUT2D eigenvalue weighted by Gasteiger charge is 2.15. The highest BCUT2D eigenvalue weighted by molar-refractivity contribution is 5.44. The van der Waals surface area contributed by atoms with Crippen LogP contribution in [0.5, 0.6) is 0 Å². The second-order valence-electron chi connectivity index (χ2n) is 3.92. The predicted octanol–water partition coefficient (Wildman–Crippen LogP) is 2.72. The summed E-state index contributed by atoms with van der Waals surface area (Å²) in [5.74, 6) is 0.903. The molecule has 1 heterocycles. The molecule has 1 aromatic rings. The Morgan fingerprint density at radius 3 is 2.69 bits per heavy atom. The van der Waals surface area contributed by atoms with Gasteiger partial charge in [0.15, 0.2) is 0 Å². The number of hydrogen-bond donors (Lipinski definition) is 0. The third-order valence-corrected chi connectivity index (χ3v) is 2.82. The van der Waals surface area contributed by atoms with Crippen LogP contribution in [-0.4, -0.2) is 13.1 Å². The molecule has 0 unspecified atom stereocenters.